The van der Waals surface area contributed by atoms with Crippen molar-refractivity contribution in [2.24, 2.45) is 0 Å². The Hall–Kier alpha value is -1.36. The molecule has 0 spiro atoms. The Bertz CT molecular complexity index is 368. The van der Waals surface area contributed by atoms with Gasteiger partial charge in [-0.3, -0.25) is 0 Å². The van der Waals surface area contributed by atoms with Gasteiger partial charge in [0.05, 0.1) is 0 Å². The highest BCUT2D eigenvalue weighted by atomic mass is 16.3. The molecule has 0 fully saturated rings. The molecular formula is C13H24N4O. The minimum Gasteiger partial charge on any atom is -0.396 e. The maximum Gasteiger partial charge on any atom is 0.134 e. The van der Waals surface area contributed by atoms with Gasteiger partial charge in [0.25, 0.3) is 0 Å². The predicted molar refractivity (Wildman–Crippen MR) is 75.1 cm³/mol. The van der Waals surface area contributed by atoms with Crippen LogP contribution in [0.1, 0.15) is 33.0 Å². The average Bonchev–Trinajstić information content (AvgIpc) is 2.28. The fraction of sp³-hybridized carbons (Fsp3) is 0.692. The van der Waals surface area contributed by atoms with Crippen LogP contribution in [0.4, 0.5) is 11.6 Å². The summed E-state index contributed by atoms with van der Waals surface area (Å²) >= 11 is 0. The van der Waals surface area contributed by atoms with Crippen LogP contribution in [-0.4, -0.2) is 40.8 Å². The normalized spacial score (nSPS) is 10.8. The van der Waals surface area contributed by atoms with Crippen molar-refractivity contribution in [3.8, 4) is 0 Å². The topological polar surface area (TPSA) is 61.3 Å². The highest BCUT2D eigenvalue weighted by molar-refractivity contribution is 5.49. The van der Waals surface area contributed by atoms with E-state index in [0.717, 1.165) is 37.0 Å². The van der Waals surface area contributed by atoms with Crippen LogP contribution in [0.5, 0.6) is 0 Å². The van der Waals surface area contributed by atoms with E-state index in [4.69, 9.17) is 5.11 Å². The first-order chi connectivity index (χ1) is 8.58. The summed E-state index contributed by atoms with van der Waals surface area (Å²) < 4.78 is 0. The lowest BCUT2D eigenvalue weighted by Crippen LogP contribution is -2.33. The van der Waals surface area contributed by atoms with Crippen LogP contribution in [-0.2, 0) is 0 Å². The molecule has 0 saturated carbocycles. The van der Waals surface area contributed by atoms with Gasteiger partial charge >= 0.3 is 0 Å². The summed E-state index contributed by atoms with van der Waals surface area (Å²) in [6, 6.07) is 2.31. The molecule has 1 heterocycles. The number of hydrogen-bond donors (Lipinski definition) is 2. The molecule has 0 bridgehead atoms. The van der Waals surface area contributed by atoms with Gasteiger partial charge in [-0.1, -0.05) is 0 Å². The van der Waals surface area contributed by atoms with Gasteiger partial charge in [0.15, 0.2) is 0 Å². The van der Waals surface area contributed by atoms with Crippen molar-refractivity contribution in [1.29, 1.82) is 0 Å². The van der Waals surface area contributed by atoms with Crippen LogP contribution < -0.4 is 10.2 Å². The van der Waals surface area contributed by atoms with E-state index in [1.807, 2.05) is 19.9 Å². The summed E-state index contributed by atoms with van der Waals surface area (Å²) in [7, 11) is 0. The highest BCUT2D eigenvalue weighted by Gasteiger charge is 2.13. The lowest BCUT2D eigenvalue weighted by atomic mass is 10.2. The number of anilines is 2. The van der Waals surface area contributed by atoms with Gasteiger partial charge < -0.3 is 15.3 Å². The van der Waals surface area contributed by atoms with Gasteiger partial charge in [-0.15, -0.1) is 0 Å². The van der Waals surface area contributed by atoms with E-state index in [-0.39, 0.29) is 6.61 Å². The monoisotopic (exact) mass is 252 g/mol. The van der Waals surface area contributed by atoms with Crippen LogP contribution in [0.25, 0.3) is 0 Å². The molecule has 1 rings (SSSR count). The van der Waals surface area contributed by atoms with Crippen LogP contribution in [0, 0.1) is 6.92 Å². The Morgan fingerprint density at radius 1 is 1.39 bits per heavy atom. The first-order valence-corrected chi connectivity index (χ1v) is 6.55. The number of aliphatic hydroxyl groups is 1. The van der Waals surface area contributed by atoms with Crippen LogP contribution in [0.3, 0.4) is 0 Å². The van der Waals surface area contributed by atoms with E-state index < -0.39 is 0 Å². The smallest absolute Gasteiger partial charge is 0.134 e. The second kappa shape index (κ2) is 7.16. The third kappa shape index (κ3) is 4.14. The minimum atomic E-state index is 0.202. The van der Waals surface area contributed by atoms with E-state index >= 15 is 0 Å². The minimum absolute atomic E-state index is 0.202. The standard InChI is InChI=1S/C13H24N4O/c1-5-14-12-9-13(16-11(4)15-12)17(10(2)3)7-6-8-18/h9-10,18H,5-8H2,1-4H3,(H,14,15,16). The summed E-state index contributed by atoms with van der Waals surface area (Å²) in [5.41, 5.74) is 0. The van der Waals surface area contributed by atoms with Crippen molar-refractivity contribution in [2.75, 3.05) is 29.9 Å². The molecule has 0 aromatic carbocycles. The van der Waals surface area contributed by atoms with Crippen molar-refractivity contribution >= 4 is 11.6 Å². The van der Waals surface area contributed by atoms with E-state index in [0.29, 0.717) is 6.04 Å². The fourth-order valence-corrected chi connectivity index (χ4v) is 1.85. The molecule has 0 radical (unpaired) electrons. The highest BCUT2D eigenvalue weighted by Crippen LogP contribution is 2.18. The third-order valence-corrected chi connectivity index (χ3v) is 2.66. The van der Waals surface area contributed by atoms with Gasteiger partial charge in [0, 0.05) is 31.8 Å². The Morgan fingerprint density at radius 3 is 2.67 bits per heavy atom. The first kappa shape index (κ1) is 14.7. The summed E-state index contributed by atoms with van der Waals surface area (Å²) in [4.78, 5) is 11.0. The van der Waals surface area contributed by atoms with Gasteiger partial charge in [0.1, 0.15) is 17.5 Å². The number of rotatable bonds is 7. The third-order valence-electron chi connectivity index (χ3n) is 2.66. The molecule has 0 aliphatic rings. The molecule has 5 nitrogen and oxygen atoms in total. The summed E-state index contributed by atoms with van der Waals surface area (Å²) in [5, 5.41) is 12.2. The maximum atomic E-state index is 8.97. The zero-order chi connectivity index (χ0) is 13.5. The lowest BCUT2D eigenvalue weighted by molar-refractivity contribution is 0.288. The molecule has 1 aromatic rings. The molecule has 2 N–H and O–H groups in total. The van der Waals surface area contributed by atoms with E-state index in [1.54, 1.807) is 0 Å². The summed E-state index contributed by atoms with van der Waals surface area (Å²) in [5.74, 6) is 2.54. The molecular weight excluding hydrogens is 228 g/mol. The molecule has 0 atom stereocenters. The summed E-state index contributed by atoms with van der Waals surface area (Å²) in [6.45, 7) is 10.0. The average molecular weight is 252 g/mol. The maximum absolute atomic E-state index is 8.97. The fourth-order valence-electron chi connectivity index (χ4n) is 1.85. The Labute approximate surface area is 109 Å². The molecule has 0 aliphatic carbocycles. The number of nitrogens with zero attached hydrogens (tertiary/aromatic N) is 3. The molecule has 0 unspecified atom stereocenters. The van der Waals surface area contributed by atoms with Gasteiger partial charge in [-0.05, 0) is 34.1 Å². The number of aromatic nitrogens is 2. The zero-order valence-electron chi connectivity index (χ0n) is 11.8. The quantitative estimate of drug-likeness (QED) is 0.775. The molecule has 5 heteroatoms. The molecule has 0 aliphatic heterocycles. The van der Waals surface area contributed by atoms with Crippen LogP contribution in [0.2, 0.25) is 0 Å². The van der Waals surface area contributed by atoms with Gasteiger partial charge in [-0.25, -0.2) is 9.97 Å². The molecule has 18 heavy (non-hydrogen) atoms. The SMILES string of the molecule is CCNc1cc(N(CCCO)C(C)C)nc(C)n1. The number of aliphatic hydroxyl groups excluding tert-OH is 1. The Kier molecular flexibility index (Phi) is 5.85. The first-order valence-electron chi connectivity index (χ1n) is 6.55. The molecule has 1 aromatic heterocycles. The molecule has 0 saturated heterocycles. The van der Waals surface area contributed by atoms with Crippen molar-refractivity contribution in [2.45, 2.75) is 40.2 Å². The van der Waals surface area contributed by atoms with Gasteiger partial charge in [-0.2, -0.15) is 0 Å². The predicted octanol–water partition coefficient (Wildman–Crippen LogP) is 1.81. The second-order valence-corrected chi connectivity index (χ2v) is 4.55. The van der Waals surface area contributed by atoms with Crippen LogP contribution >= 0.6 is 0 Å². The van der Waals surface area contributed by atoms with Crippen molar-refractivity contribution < 1.29 is 5.11 Å². The van der Waals surface area contributed by atoms with Crippen molar-refractivity contribution in [3.63, 3.8) is 0 Å². The van der Waals surface area contributed by atoms with Crippen LogP contribution in [0.15, 0.2) is 6.07 Å². The Balaban J connectivity index is 2.95. The largest absolute Gasteiger partial charge is 0.396 e. The molecule has 102 valence electrons. The molecule has 0 amide bonds. The number of nitrogens with one attached hydrogen (secondary N) is 1. The van der Waals surface area contributed by atoms with Crippen molar-refractivity contribution in [3.05, 3.63) is 11.9 Å². The second-order valence-electron chi connectivity index (χ2n) is 4.55. The lowest BCUT2D eigenvalue weighted by Gasteiger charge is -2.28. The zero-order valence-corrected chi connectivity index (χ0v) is 11.8. The summed E-state index contributed by atoms with van der Waals surface area (Å²) in [6.07, 6.45) is 0.748. The van der Waals surface area contributed by atoms with Gasteiger partial charge in [0.2, 0.25) is 0 Å². The van der Waals surface area contributed by atoms with E-state index in [9.17, 15) is 0 Å². The number of hydrogen-bond acceptors (Lipinski definition) is 5. The Morgan fingerprint density at radius 2 is 2.11 bits per heavy atom. The number of aryl methyl sites for hydroxylation is 1. The van der Waals surface area contributed by atoms with E-state index in [1.165, 1.54) is 0 Å². The van der Waals surface area contributed by atoms with E-state index in [2.05, 4.69) is 34.0 Å². The van der Waals surface area contributed by atoms with Crippen molar-refractivity contribution in [1.82, 2.24) is 9.97 Å².